The van der Waals surface area contributed by atoms with Gasteiger partial charge in [0.05, 0.1) is 0 Å². The zero-order valence-electron chi connectivity index (χ0n) is 12.3. The third-order valence-corrected chi connectivity index (χ3v) is 4.44. The maximum Gasteiger partial charge on any atom is 0.249 e. The van der Waals surface area contributed by atoms with Crippen molar-refractivity contribution in [1.82, 2.24) is 10.2 Å². The van der Waals surface area contributed by atoms with Crippen LogP contribution in [0.5, 0.6) is 0 Å². The average molecular weight is 264 g/mol. The van der Waals surface area contributed by atoms with Gasteiger partial charge in [-0.15, -0.1) is 6.58 Å². The number of amides is 2. The first-order valence-electron chi connectivity index (χ1n) is 7.10. The topological polar surface area (TPSA) is 49.4 Å². The summed E-state index contributed by atoms with van der Waals surface area (Å²) in [6.45, 7) is 11.5. The minimum absolute atomic E-state index is 0.0299. The Bertz CT molecular complexity index is 414. The minimum Gasteiger partial charge on any atom is -0.340 e. The molecule has 1 heterocycles. The second kappa shape index (κ2) is 4.66. The number of piperazine rings is 1. The zero-order valence-corrected chi connectivity index (χ0v) is 12.3. The standard InChI is InChI=1S/C15H24N2O2/c1-6-10(4)17-12(9(2)3)13(18)16-15(5,14(17)19)11-7-8-11/h6,9-12H,1,7-8H2,2-5H3,(H,16,18). The van der Waals surface area contributed by atoms with Crippen LogP contribution in [0.25, 0.3) is 0 Å². The van der Waals surface area contributed by atoms with Gasteiger partial charge in [-0.05, 0) is 38.5 Å². The van der Waals surface area contributed by atoms with E-state index < -0.39 is 11.6 Å². The maximum absolute atomic E-state index is 12.9. The van der Waals surface area contributed by atoms with Crippen LogP contribution in [-0.2, 0) is 9.59 Å². The monoisotopic (exact) mass is 264 g/mol. The van der Waals surface area contributed by atoms with Crippen LogP contribution in [0.1, 0.15) is 40.5 Å². The van der Waals surface area contributed by atoms with E-state index in [4.69, 9.17) is 0 Å². The van der Waals surface area contributed by atoms with Gasteiger partial charge in [0, 0.05) is 6.04 Å². The Labute approximate surface area is 115 Å². The van der Waals surface area contributed by atoms with E-state index in [0.29, 0.717) is 0 Å². The minimum atomic E-state index is -0.722. The molecule has 1 aliphatic heterocycles. The molecule has 2 aliphatic rings. The van der Waals surface area contributed by atoms with E-state index in [1.807, 2.05) is 27.7 Å². The quantitative estimate of drug-likeness (QED) is 0.786. The molecule has 0 aromatic carbocycles. The Hall–Kier alpha value is -1.32. The fraction of sp³-hybridized carbons (Fsp3) is 0.733. The van der Waals surface area contributed by atoms with E-state index in [2.05, 4.69) is 11.9 Å². The molecule has 1 saturated heterocycles. The maximum atomic E-state index is 12.9. The summed E-state index contributed by atoms with van der Waals surface area (Å²) in [5, 5.41) is 2.98. The molecule has 106 valence electrons. The predicted molar refractivity (Wildman–Crippen MR) is 74.4 cm³/mol. The zero-order chi connectivity index (χ0) is 14.4. The summed E-state index contributed by atoms with van der Waals surface area (Å²) in [5.74, 6) is 0.394. The molecule has 4 nitrogen and oxygen atoms in total. The molecule has 19 heavy (non-hydrogen) atoms. The number of carbonyl (C=O) groups excluding carboxylic acids is 2. The highest BCUT2D eigenvalue weighted by Gasteiger charge is 2.56. The molecule has 0 radical (unpaired) electrons. The SMILES string of the molecule is C=CC(C)N1C(=O)C(C)(C2CC2)NC(=O)C1C(C)C. The summed E-state index contributed by atoms with van der Waals surface area (Å²) in [4.78, 5) is 27.0. The van der Waals surface area contributed by atoms with E-state index in [9.17, 15) is 9.59 Å². The van der Waals surface area contributed by atoms with E-state index in [-0.39, 0.29) is 29.7 Å². The van der Waals surface area contributed by atoms with Crippen LogP contribution >= 0.6 is 0 Å². The van der Waals surface area contributed by atoms with Crippen molar-refractivity contribution >= 4 is 11.8 Å². The molecule has 1 aliphatic carbocycles. The van der Waals surface area contributed by atoms with Gasteiger partial charge in [0.15, 0.2) is 0 Å². The average Bonchev–Trinajstić information content (AvgIpc) is 3.16. The number of nitrogens with one attached hydrogen (secondary N) is 1. The second-order valence-electron chi connectivity index (χ2n) is 6.34. The molecule has 2 amide bonds. The number of nitrogens with zero attached hydrogens (tertiary/aromatic N) is 1. The molecule has 2 rings (SSSR count). The second-order valence-corrected chi connectivity index (χ2v) is 6.34. The van der Waals surface area contributed by atoms with Gasteiger partial charge in [-0.25, -0.2) is 0 Å². The van der Waals surface area contributed by atoms with Crippen LogP contribution in [0.15, 0.2) is 12.7 Å². The Morgan fingerprint density at radius 2 is 1.95 bits per heavy atom. The van der Waals surface area contributed by atoms with E-state index in [1.54, 1.807) is 11.0 Å². The number of carbonyl (C=O) groups is 2. The summed E-state index contributed by atoms with van der Waals surface area (Å²) in [6, 6.07) is -0.517. The van der Waals surface area contributed by atoms with Gasteiger partial charge in [0.25, 0.3) is 0 Å². The smallest absolute Gasteiger partial charge is 0.249 e. The molecule has 0 aromatic rings. The largest absolute Gasteiger partial charge is 0.340 e. The lowest BCUT2D eigenvalue weighted by Crippen LogP contribution is -2.72. The van der Waals surface area contributed by atoms with E-state index >= 15 is 0 Å². The number of hydrogen-bond acceptors (Lipinski definition) is 2. The lowest BCUT2D eigenvalue weighted by atomic mass is 9.85. The van der Waals surface area contributed by atoms with Crippen molar-refractivity contribution in [2.24, 2.45) is 11.8 Å². The van der Waals surface area contributed by atoms with Crippen LogP contribution in [0.3, 0.4) is 0 Å². The molecule has 3 unspecified atom stereocenters. The third-order valence-electron chi connectivity index (χ3n) is 4.44. The molecule has 0 aromatic heterocycles. The van der Waals surface area contributed by atoms with Crippen molar-refractivity contribution in [3.8, 4) is 0 Å². The lowest BCUT2D eigenvalue weighted by Gasteiger charge is -2.48. The molecule has 0 bridgehead atoms. The lowest BCUT2D eigenvalue weighted by molar-refractivity contribution is -0.158. The van der Waals surface area contributed by atoms with E-state index in [0.717, 1.165) is 12.8 Å². The Morgan fingerprint density at radius 3 is 2.37 bits per heavy atom. The summed E-state index contributed by atoms with van der Waals surface area (Å²) >= 11 is 0. The Balaban J connectivity index is 2.38. The van der Waals surface area contributed by atoms with Crippen LogP contribution < -0.4 is 5.32 Å². The molecule has 4 heteroatoms. The molecule has 1 N–H and O–H groups in total. The highest BCUT2D eigenvalue weighted by molar-refractivity contribution is 6.00. The van der Waals surface area contributed by atoms with Crippen LogP contribution in [-0.4, -0.2) is 34.3 Å². The summed E-state index contributed by atoms with van der Waals surface area (Å²) < 4.78 is 0. The van der Waals surface area contributed by atoms with Gasteiger partial charge in [-0.2, -0.15) is 0 Å². The molecular formula is C15H24N2O2. The van der Waals surface area contributed by atoms with Crippen molar-refractivity contribution in [1.29, 1.82) is 0 Å². The van der Waals surface area contributed by atoms with Crippen molar-refractivity contribution in [2.45, 2.75) is 58.2 Å². The Kier molecular flexibility index (Phi) is 3.45. The van der Waals surface area contributed by atoms with Crippen LogP contribution in [0, 0.1) is 11.8 Å². The predicted octanol–water partition coefficient (Wildman–Crippen LogP) is 1.71. The highest BCUT2D eigenvalue weighted by Crippen LogP contribution is 2.43. The molecule has 0 spiro atoms. The number of hydrogen-bond donors (Lipinski definition) is 1. The van der Waals surface area contributed by atoms with Crippen molar-refractivity contribution in [3.05, 3.63) is 12.7 Å². The van der Waals surface area contributed by atoms with Crippen LogP contribution in [0.2, 0.25) is 0 Å². The Morgan fingerprint density at radius 1 is 1.37 bits per heavy atom. The van der Waals surface area contributed by atoms with Gasteiger partial charge in [0.1, 0.15) is 11.6 Å². The van der Waals surface area contributed by atoms with Crippen molar-refractivity contribution in [3.63, 3.8) is 0 Å². The molecular weight excluding hydrogens is 240 g/mol. The van der Waals surface area contributed by atoms with Gasteiger partial charge in [0.2, 0.25) is 11.8 Å². The highest BCUT2D eigenvalue weighted by atomic mass is 16.2. The normalized spacial score (nSPS) is 33.3. The first-order valence-corrected chi connectivity index (χ1v) is 7.10. The van der Waals surface area contributed by atoms with Gasteiger partial charge < -0.3 is 10.2 Å². The molecule has 2 fully saturated rings. The molecule has 3 atom stereocenters. The third kappa shape index (κ3) is 2.17. The molecule has 1 saturated carbocycles. The van der Waals surface area contributed by atoms with Gasteiger partial charge in [-0.1, -0.05) is 19.9 Å². The number of rotatable bonds is 4. The summed E-state index contributed by atoms with van der Waals surface area (Å²) in [6.07, 6.45) is 3.77. The fourth-order valence-electron chi connectivity index (χ4n) is 3.02. The fourth-order valence-corrected chi connectivity index (χ4v) is 3.02. The summed E-state index contributed by atoms with van der Waals surface area (Å²) in [7, 11) is 0. The van der Waals surface area contributed by atoms with Crippen molar-refractivity contribution in [2.75, 3.05) is 0 Å². The van der Waals surface area contributed by atoms with E-state index in [1.165, 1.54) is 0 Å². The van der Waals surface area contributed by atoms with Gasteiger partial charge in [-0.3, -0.25) is 9.59 Å². The van der Waals surface area contributed by atoms with Gasteiger partial charge >= 0.3 is 0 Å². The summed E-state index contributed by atoms with van der Waals surface area (Å²) in [5.41, 5.74) is -0.722. The first kappa shape index (κ1) is 14.1. The first-order chi connectivity index (χ1) is 8.82. The van der Waals surface area contributed by atoms with Crippen molar-refractivity contribution < 1.29 is 9.59 Å². The van der Waals surface area contributed by atoms with Crippen LogP contribution in [0.4, 0.5) is 0 Å².